The summed E-state index contributed by atoms with van der Waals surface area (Å²) in [6.45, 7) is 3.30. The monoisotopic (exact) mass is 334 g/mol. The molecule has 1 unspecified atom stereocenters. The molecular formula is C21H19FN2O. The fourth-order valence-electron chi connectivity index (χ4n) is 3.58. The van der Waals surface area contributed by atoms with Crippen LogP contribution in [-0.4, -0.2) is 21.9 Å². The highest BCUT2D eigenvalue weighted by atomic mass is 19.1. The van der Waals surface area contributed by atoms with Gasteiger partial charge in [0.1, 0.15) is 5.82 Å². The van der Waals surface area contributed by atoms with Gasteiger partial charge in [-0.15, -0.1) is 0 Å². The molecule has 3 aromatic rings. The molecule has 4 rings (SSSR count). The maximum atomic E-state index is 14.2. The minimum atomic E-state index is -0.476. The van der Waals surface area contributed by atoms with E-state index in [1.807, 2.05) is 43.5 Å². The fraction of sp³-hybridized carbons (Fsp3) is 0.190. The van der Waals surface area contributed by atoms with Crippen LogP contribution in [0, 0.1) is 12.7 Å². The number of rotatable bonds is 2. The van der Waals surface area contributed by atoms with Crippen molar-refractivity contribution in [2.45, 2.75) is 19.5 Å². The first-order valence-electron chi connectivity index (χ1n) is 8.42. The molecule has 126 valence electrons. The smallest absolute Gasteiger partial charge is 0.257 e. The van der Waals surface area contributed by atoms with E-state index in [1.165, 1.54) is 6.07 Å². The molecule has 1 amide bonds. The summed E-state index contributed by atoms with van der Waals surface area (Å²) in [5.74, 6) is -0.742. The molecule has 1 atom stereocenters. The highest BCUT2D eigenvalue weighted by molar-refractivity contribution is 5.95. The summed E-state index contributed by atoms with van der Waals surface area (Å²) >= 11 is 0. The Bertz CT molecular complexity index is 931. The quantitative estimate of drug-likeness (QED) is 0.690. The van der Waals surface area contributed by atoms with Crippen LogP contribution < -0.4 is 0 Å². The molecule has 0 spiro atoms. The van der Waals surface area contributed by atoms with Crippen LogP contribution in [0.1, 0.15) is 33.2 Å². The van der Waals surface area contributed by atoms with Crippen molar-refractivity contribution < 1.29 is 9.18 Å². The van der Waals surface area contributed by atoms with Crippen LogP contribution in [0.2, 0.25) is 0 Å². The van der Waals surface area contributed by atoms with Crippen LogP contribution in [0.4, 0.5) is 4.39 Å². The molecule has 2 heterocycles. The van der Waals surface area contributed by atoms with Gasteiger partial charge in [0.15, 0.2) is 0 Å². The minimum absolute atomic E-state index is 0.125. The average molecular weight is 334 g/mol. The molecule has 1 aliphatic heterocycles. The van der Waals surface area contributed by atoms with Gasteiger partial charge in [0.05, 0.1) is 11.6 Å². The molecule has 0 N–H and O–H groups in total. The Balaban J connectivity index is 1.81. The van der Waals surface area contributed by atoms with E-state index >= 15 is 0 Å². The van der Waals surface area contributed by atoms with E-state index in [1.54, 1.807) is 23.1 Å². The maximum Gasteiger partial charge on any atom is 0.257 e. The van der Waals surface area contributed by atoms with Crippen molar-refractivity contribution in [3.63, 3.8) is 0 Å². The number of carbonyl (C=O) groups excluding carboxylic acids is 1. The van der Waals surface area contributed by atoms with Gasteiger partial charge in [-0.25, -0.2) is 4.39 Å². The molecule has 0 saturated carbocycles. The number of aromatic nitrogens is 1. The zero-order chi connectivity index (χ0) is 17.4. The molecule has 2 aromatic carbocycles. The zero-order valence-corrected chi connectivity index (χ0v) is 14.0. The van der Waals surface area contributed by atoms with E-state index in [0.717, 1.165) is 16.8 Å². The van der Waals surface area contributed by atoms with E-state index in [9.17, 15) is 9.18 Å². The van der Waals surface area contributed by atoms with Crippen molar-refractivity contribution >= 4 is 5.91 Å². The third kappa shape index (κ3) is 2.74. The molecule has 0 saturated heterocycles. The van der Waals surface area contributed by atoms with Gasteiger partial charge in [-0.05, 0) is 36.8 Å². The molecule has 25 heavy (non-hydrogen) atoms. The number of nitrogens with zero attached hydrogens (tertiary/aromatic N) is 2. The molecule has 0 radical (unpaired) electrons. The van der Waals surface area contributed by atoms with Crippen LogP contribution >= 0.6 is 0 Å². The van der Waals surface area contributed by atoms with E-state index < -0.39 is 5.82 Å². The van der Waals surface area contributed by atoms with Gasteiger partial charge in [-0.2, -0.15) is 0 Å². The second-order valence-electron chi connectivity index (χ2n) is 6.42. The predicted molar refractivity (Wildman–Crippen MR) is 94.9 cm³/mol. The Morgan fingerprint density at radius 1 is 1.04 bits per heavy atom. The Labute approximate surface area is 146 Å². The third-order valence-corrected chi connectivity index (χ3v) is 4.76. The molecule has 3 nitrogen and oxygen atoms in total. The van der Waals surface area contributed by atoms with Gasteiger partial charge in [0.2, 0.25) is 0 Å². The lowest BCUT2D eigenvalue weighted by molar-refractivity contribution is 0.0659. The minimum Gasteiger partial charge on any atom is -0.348 e. The van der Waals surface area contributed by atoms with Gasteiger partial charge in [-0.1, -0.05) is 42.0 Å². The lowest BCUT2D eigenvalue weighted by Crippen LogP contribution is -2.42. The highest BCUT2D eigenvalue weighted by Gasteiger charge is 2.33. The summed E-state index contributed by atoms with van der Waals surface area (Å²) in [4.78, 5) is 14.9. The summed E-state index contributed by atoms with van der Waals surface area (Å²) in [6, 6.07) is 18.2. The van der Waals surface area contributed by atoms with Crippen LogP contribution in [0.25, 0.3) is 0 Å². The number of amides is 1. The molecule has 1 aliphatic rings. The number of benzene rings is 2. The second kappa shape index (κ2) is 6.20. The number of hydrogen-bond donors (Lipinski definition) is 0. The zero-order valence-electron chi connectivity index (χ0n) is 14.0. The lowest BCUT2D eigenvalue weighted by Gasteiger charge is -2.37. The number of hydrogen-bond acceptors (Lipinski definition) is 1. The normalized spacial score (nSPS) is 16.6. The molecule has 0 bridgehead atoms. The molecule has 0 fully saturated rings. The average Bonchev–Trinajstić information content (AvgIpc) is 3.09. The SMILES string of the molecule is Cc1cccc(C2c3cccn3CCN2C(=O)c2ccccc2F)c1. The summed E-state index contributed by atoms with van der Waals surface area (Å²) in [7, 11) is 0. The number of carbonyl (C=O) groups is 1. The Morgan fingerprint density at radius 2 is 1.88 bits per heavy atom. The van der Waals surface area contributed by atoms with Crippen molar-refractivity contribution in [2.24, 2.45) is 0 Å². The standard InChI is InChI=1S/C21H19FN2O/c1-15-6-4-7-16(14-15)20-19-10-5-11-23(19)12-13-24(20)21(25)17-8-2-3-9-18(17)22/h2-11,14,20H,12-13H2,1H3. The van der Waals surface area contributed by atoms with Crippen molar-refractivity contribution in [1.82, 2.24) is 9.47 Å². The number of halogens is 1. The first-order chi connectivity index (χ1) is 12.1. The van der Waals surface area contributed by atoms with E-state index in [0.29, 0.717) is 13.1 Å². The Kier molecular flexibility index (Phi) is 3.88. The molecule has 0 aliphatic carbocycles. The van der Waals surface area contributed by atoms with Crippen molar-refractivity contribution in [2.75, 3.05) is 6.54 Å². The van der Waals surface area contributed by atoms with Gasteiger partial charge < -0.3 is 9.47 Å². The maximum absolute atomic E-state index is 14.2. The first-order valence-corrected chi connectivity index (χ1v) is 8.42. The largest absolute Gasteiger partial charge is 0.348 e. The van der Waals surface area contributed by atoms with E-state index in [4.69, 9.17) is 0 Å². The van der Waals surface area contributed by atoms with Crippen LogP contribution in [0.3, 0.4) is 0 Å². The molecule has 4 heteroatoms. The second-order valence-corrected chi connectivity index (χ2v) is 6.42. The predicted octanol–water partition coefficient (Wildman–Crippen LogP) is 4.18. The number of fused-ring (bicyclic) bond motifs is 1. The summed E-state index contributed by atoms with van der Waals surface area (Å²) in [5, 5.41) is 0. The van der Waals surface area contributed by atoms with Crippen molar-refractivity contribution in [3.05, 3.63) is 95.1 Å². The van der Waals surface area contributed by atoms with Gasteiger partial charge in [-0.3, -0.25) is 4.79 Å². The first kappa shape index (κ1) is 15.6. The van der Waals surface area contributed by atoms with Gasteiger partial charge in [0.25, 0.3) is 5.91 Å². The fourth-order valence-corrected chi connectivity index (χ4v) is 3.58. The summed E-state index contributed by atoms with van der Waals surface area (Å²) in [6.07, 6.45) is 2.03. The van der Waals surface area contributed by atoms with Crippen molar-refractivity contribution in [1.29, 1.82) is 0 Å². The van der Waals surface area contributed by atoms with Crippen molar-refractivity contribution in [3.8, 4) is 0 Å². The Morgan fingerprint density at radius 3 is 2.68 bits per heavy atom. The number of aryl methyl sites for hydroxylation is 1. The van der Waals surface area contributed by atoms with Crippen LogP contribution in [-0.2, 0) is 6.54 Å². The van der Waals surface area contributed by atoms with Gasteiger partial charge in [0, 0.05) is 25.0 Å². The lowest BCUT2D eigenvalue weighted by atomic mass is 9.97. The molecular weight excluding hydrogens is 315 g/mol. The topological polar surface area (TPSA) is 25.2 Å². The van der Waals surface area contributed by atoms with E-state index in [-0.39, 0.29) is 17.5 Å². The molecule has 1 aromatic heterocycles. The highest BCUT2D eigenvalue weighted by Crippen LogP contribution is 2.34. The summed E-state index contributed by atoms with van der Waals surface area (Å²) in [5.41, 5.74) is 3.37. The summed E-state index contributed by atoms with van der Waals surface area (Å²) < 4.78 is 16.3. The van der Waals surface area contributed by atoms with Gasteiger partial charge >= 0.3 is 0 Å². The van der Waals surface area contributed by atoms with Crippen LogP contribution in [0.5, 0.6) is 0 Å². The Hall–Kier alpha value is -2.88. The van der Waals surface area contributed by atoms with E-state index in [2.05, 4.69) is 10.6 Å². The third-order valence-electron chi connectivity index (χ3n) is 4.76. The van der Waals surface area contributed by atoms with Crippen LogP contribution in [0.15, 0.2) is 66.9 Å².